The Morgan fingerprint density at radius 3 is 2.49 bits per heavy atom. The van der Waals surface area contributed by atoms with Crippen molar-refractivity contribution in [2.45, 2.75) is 38.9 Å². The van der Waals surface area contributed by atoms with Gasteiger partial charge in [-0.2, -0.15) is 0 Å². The molecule has 1 aliphatic rings. The number of hydrogen-bond acceptors (Lipinski definition) is 7. The van der Waals surface area contributed by atoms with Crippen LogP contribution in [-0.2, 0) is 11.2 Å². The molecule has 0 aliphatic carbocycles. The zero-order chi connectivity index (χ0) is 26.7. The Balaban J connectivity index is 1.39. The number of likely N-dealkylation sites (tertiary alicyclic amines) is 1. The Kier molecular flexibility index (Phi) is 8.28. The number of aromatic nitrogens is 1. The number of carbonyl (C=O) groups excluding carboxylic acids is 2. The van der Waals surface area contributed by atoms with Crippen molar-refractivity contribution in [3.8, 4) is 16.3 Å². The van der Waals surface area contributed by atoms with Crippen molar-refractivity contribution in [2.24, 2.45) is 0 Å². The Morgan fingerprint density at radius 2 is 1.86 bits per heavy atom. The topological polar surface area (TPSA) is 101 Å². The van der Waals surface area contributed by atoms with Crippen molar-refractivity contribution in [3.05, 3.63) is 63.1 Å². The SMILES string of the molecule is CC(C)(C)OC(=O)N1CC(Oc2ccc(NC(=O)c3sc(-c4ccc(Cl)cc4)nc3CCO)cc2Cl)C1. The molecule has 196 valence electrons. The first-order valence-corrected chi connectivity index (χ1v) is 13.2. The molecule has 3 aromatic rings. The maximum absolute atomic E-state index is 13.1. The normalized spacial score (nSPS) is 13.7. The number of anilines is 1. The summed E-state index contributed by atoms with van der Waals surface area (Å²) < 4.78 is 11.3. The first kappa shape index (κ1) is 27.2. The summed E-state index contributed by atoms with van der Waals surface area (Å²) in [7, 11) is 0. The Labute approximate surface area is 229 Å². The van der Waals surface area contributed by atoms with Crippen molar-refractivity contribution >= 4 is 52.2 Å². The van der Waals surface area contributed by atoms with E-state index in [0.29, 0.717) is 50.2 Å². The van der Waals surface area contributed by atoms with Gasteiger partial charge in [0.05, 0.1) is 23.8 Å². The number of aliphatic hydroxyl groups excluding tert-OH is 1. The van der Waals surface area contributed by atoms with Gasteiger partial charge in [-0.05, 0) is 51.1 Å². The number of aliphatic hydroxyl groups is 1. The lowest BCUT2D eigenvalue weighted by atomic mass is 10.1. The number of nitrogens with one attached hydrogen (secondary N) is 1. The van der Waals surface area contributed by atoms with E-state index in [2.05, 4.69) is 10.3 Å². The zero-order valence-electron chi connectivity index (χ0n) is 20.6. The molecular formula is C26H27Cl2N3O5S. The van der Waals surface area contributed by atoms with Crippen LogP contribution in [0.4, 0.5) is 10.5 Å². The molecule has 0 spiro atoms. The highest BCUT2D eigenvalue weighted by Crippen LogP contribution is 2.33. The molecule has 1 fully saturated rings. The highest BCUT2D eigenvalue weighted by Gasteiger charge is 2.35. The minimum atomic E-state index is -0.554. The molecule has 0 atom stereocenters. The predicted molar refractivity (Wildman–Crippen MR) is 145 cm³/mol. The number of thiazole rings is 1. The fourth-order valence-corrected chi connectivity index (χ4v) is 4.91. The molecule has 0 saturated carbocycles. The number of carbonyl (C=O) groups is 2. The van der Waals surface area contributed by atoms with E-state index in [4.69, 9.17) is 32.7 Å². The van der Waals surface area contributed by atoms with E-state index in [1.165, 1.54) is 11.3 Å². The van der Waals surface area contributed by atoms with Gasteiger partial charge in [0.25, 0.3) is 5.91 Å². The summed E-state index contributed by atoms with van der Waals surface area (Å²) in [5.74, 6) is 0.107. The van der Waals surface area contributed by atoms with Gasteiger partial charge >= 0.3 is 6.09 Å². The number of nitrogens with zero attached hydrogens (tertiary/aromatic N) is 2. The number of ether oxygens (including phenoxy) is 2. The number of halogens is 2. The summed E-state index contributed by atoms with van der Waals surface area (Å²) in [6.07, 6.45) is -0.323. The van der Waals surface area contributed by atoms with Gasteiger partial charge in [-0.15, -0.1) is 11.3 Å². The zero-order valence-corrected chi connectivity index (χ0v) is 22.9. The number of hydrogen-bond donors (Lipinski definition) is 2. The van der Waals surface area contributed by atoms with Gasteiger partial charge in [0.15, 0.2) is 0 Å². The summed E-state index contributed by atoms with van der Waals surface area (Å²) in [5, 5.41) is 13.9. The van der Waals surface area contributed by atoms with Crippen molar-refractivity contribution in [1.82, 2.24) is 9.88 Å². The molecule has 37 heavy (non-hydrogen) atoms. The lowest BCUT2D eigenvalue weighted by Crippen LogP contribution is -2.57. The molecule has 4 rings (SSSR count). The van der Waals surface area contributed by atoms with E-state index in [9.17, 15) is 14.7 Å². The lowest BCUT2D eigenvalue weighted by Gasteiger charge is -2.39. The fraction of sp³-hybridized carbons (Fsp3) is 0.346. The van der Waals surface area contributed by atoms with Crippen LogP contribution in [0, 0.1) is 0 Å². The van der Waals surface area contributed by atoms with Crippen LogP contribution in [-0.4, -0.2) is 58.4 Å². The highest BCUT2D eigenvalue weighted by molar-refractivity contribution is 7.17. The third-order valence-electron chi connectivity index (χ3n) is 5.33. The summed E-state index contributed by atoms with van der Waals surface area (Å²) >= 11 is 13.6. The molecule has 8 nitrogen and oxygen atoms in total. The van der Waals surface area contributed by atoms with Crippen molar-refractivity contribution in [3.63, 3.8) is 0 Å². The van der Waals surface area contributed by atoms with Crippen LogP contribution in [0.15, 0.2) is 42.5 Å². The number of amides is 2. The van der Waals surface area contributed by atoms with Crippen LogP contribution in [0.2, 0.25) is 10.0 Å². The van der Waals surface area contributed by atoms with E-state index in [1.54, 1.807) is 35.2 Å². The molecule has 1 aliphatic heterocycles. The molecule has 0 radical (unpaired) electrons. The quantitative estimate of drug-likeness (QED) is 0.371. The lowest BCUT2D eigenvalue weighted by molar-refractivity contribution is -0.0221. The average Bonchev–Trinajstić information content (AvgIpc) is 3.20. The van der Waals surface area contributed by atoms with Crippen molar-refractivity contribution in [1.29, 1.82) is 0 Å². The number of benzene rings is 2. The van der Waals surface area contributed by atoms with Gasteiger partial charge in [0.1, 0.15) is 27.3 Å². The van der Waals surface area contributed by atoms with Gasteiger partial charge in [-0.1, -0.05) is 35.3 Å². The number of rotatable bonds is 7. The Bertz CT molecular complexity index is 1280. The molecule has 2 N–H and O–H groups in total. The van der Waals surface area contributed by atoms with Gasteiger partial charge < -0.3 is 24.8 Å². The predicted octanol–water partition coefficient (Wildman–Crippen LogP) is 5.90. The van der Waals surface area contributed by atoms with E-state index in [-0.39, 0.29) is 31.1 Å². The maximum atomic E-state index is 13.1. The molecule has 1 aromatic heterocycles. The monoisotopic (exact) mass is 563 g/mol. The second-order valence-corrected chi connectivity index (χ2v) is 11.3. The van der Waals surface area contributed by atoms with E-state index >= 15 is 0 Å². The molecule has 0 bridgehead atoms. The van der Waals surface area contributed by atoms with Crippen LogP contribution < -0.4 is 10.1 Å². The van der Waals surface area contributed by atoms with Crippen LogP contribution in [0.3, 0.4) is 0 Å². The maximum Gasteiger partial charge on any atom is 0.410 e. The molecule has 11 heteroatoms. The average molecular weight is 564 g/mol. The van der Waals surface area contributed by atoms with Gasteiger partial charge in [0.2, 0.25) is 0 Å². The first-order valence-electron chi connectivity index (χ1n) is 11.6. The third kappa shape index (κ3) is 6.93. The fourth-order valence-electron chi connectivity index (χ4n) is 3.55. The smallest absolute Gasteiger partial charge is 0.410 e. The molecular weight excluding hydrogens is 537 g/mol. The van der Waals surface area contributed by atoms with Crippen LogP contribution in [0.25, 0.3) is 10.6 Å². The molecule has 2 amide bonds. The summed E-state index contributed by atoms with van der Waals surface area (Å²) in [6, 6.07) is 12.1. The Hall–Kier alpha value is -2.85. The first-order chi connectivity index (χ1) is 17.5. The van der Waals surface area contributed by atoms with Gasteiger partial charge in [0, 0.05) is 29.3 Å². The van der Waals surface area contributed by atoms with Crippen molar-refractivity contribution < 1.29 is 24.2 Å². The van der Waals surface area contributed by atoms with E-state index in [1.807, 2.05) is 32.9 Å². The summed E-state index contributed by atoms with van der Waals surface area (Å²) in [5.41, 5.74) is 1.28. The minimum Gasteiger partial charge on any atom is -0.485 e. The van der Waals surface area contributed by atoms with Crippen molar-refractivity contribution in [2.75, 3.05) is 25.0 Å². The Morgan fingerprint density at radius 1 is 1.16 bits per heavy atom. The van der Waals surface area contributed by atoms with Crippen LogP contribution >= 0.6 is 34.5 Å². The van der Waals surface area contributed by atoms with E-state index in [0.717, 1.165) is 5.56 Å². The standard InChI is InChI=1S/C26H27Cl2N3O5S/c1-26(2,3)36-25(34)31-13-18(14-31)35-21-9-8-17(12-19(21)28)29-23(33)22-20(10-11-32)30-24(37-22)15-4-6-16(27)7-5-15/h4-9,12,18,32H,10-11,13-14H2,1-3H3,(H,29,33). The summed E-state index contributed by atoms with van der Waals surface area (Å²) in [6.45, 7) is 6.13. The molecule has 2 heterocycles. The second-order valence-electron chi connectivity index (χ2n) is 9.50. The van der Waals surface area contributed by atoms with Gasteiger partial charge in [-0.3, -0.25) is 4.79 Å². The third-order valence-corrected chi connectivity index (χ3v) is 7.02. The van der Waals surface area contributed by atoms with E-state index < -0.39 is 5.60 Å². The molecule has 0 unspecified atom stereocenters. The molecule has 1 saturated heterocycles. The minimum absolute atomic E-state index is 0.130. The largest absolute Gasteiger partial charge is 0.485 e. The second kappa shape index (κ2) is 11.3. The highest BCUT2D eigenvalue weighted by atomic mass is 35.5. The van der Waals surface area contributed by atoms with Crippen LogP contribution in [0.5, 0.6) is 5.75 Å². The van der Waals surface area contributed by atoms with Crippen LogP contribution in [0.1, 0.15) is 36.1 Å². The van der Waals surface area contributed by atoms with Gasteiger partial charge in [-0.25, -0.2) is 9.78 Å². The molecule has 2 aromatic carbocycles. The summed E-state index contributed by atoms with van der Waals surface area (Å²) in [4.78, 5) is 31.7.